The Bertz CT molecular complexity index is 4120. The molecule has 0 N–H and O–H groups in total. The SMILES string of the molecule is CC(C)(C)c1ccc(N2B3c4cc5c(cc4-n4c6ccc(C(C)(C)C)cc6c6c7c(oc8ccccc87)c(c3c64)-c3cc4oc6cc(C(C)(C)C)ccc6c4cc32)sc2ccccc25)cc1. The Morgan fingerprint density at radius 1 is 0.485 bits per heavy atom. The van der Waals surface area contributed by atoms with Crippen LogP contribution in [-0.2, 0) is 16.2 Å². The maximum absolute atomic E-state index is 7.31. The van der Waals surface area contributed by atoms with Crippen LogP contribution in [0.5, 0.6) is 0 Å². The van der Waals surface area contributed by atoms with Gasteiger partial charge < -0.3 is 18.2 Å². The van der Waals surface area contributed by atoms with Gasteiger partial charge in [-0.25, -0.2) is 0 Å². The molecule has 0 radical (unpaired) electrons. The van der Waals surface area contributed by atoms with Gasteiger partial charge in [-0.1, -0.05) is 135 Å². The molecule has 4 nitrogen and oxygen atoms in total. The molecule has 8 aromatic carbocycles. The van der Waals surface area contributed by atoms with E-state index in [1.165, 1.54) is 80.7 Å². The quantitative estimate of drug-likeness (QED) is 0.154. The summed E-state index contributed by atoms with van der Waals surface area (Å²) in [6.07, 6.45) is 0. The lowest BCUT2D eigenvalue weighted by Crippen LogP contribution is -2.60. The summed E-state index contributed by atoms with van der Waals surface area (Å²) in [6, 6.07) is 50.8. The number of hydrogen-bond acceptors (Lipinski definition) is 4. The van der Waals surface area contributed by atoms with Gasteiger partial charge in [0.1, 0.15) is 22.3 Å². The number of nitrogens with zero attached hydrogens (tertiary/aromatic N) is 2. The molecule has 0 bridgehead atoms. The van der Waals surface area contributed by atoms with Crippen LogP contribution in [0.3, 0.4) is 0 Å². The second kappa shape index (κ2) is 12.6. The highest BCUT2D eigenvalue weighted by atomic mass is 32.1. The van der Waals surface area contributed by atoms with Gasteiger partial charge in [0.05, 0.1) is 11.0 Å². The first-order valence-electron chi connectivity index (χ1n) is 23.4. The molecular weight excluding hydrogens is 824 g/mol. The molecule has 6 heterocycles. The van der Waals surface area contributed by atoms with Crippen LogP contribution in [0.4, 0.5) is 11.4 Å². The fourth-order valence-corrected chi connectivity index (χ4v) is 12.7. The monoisotopic (exact) mass is 872 g/mol. The molecule has 0 saturated carbocycles. The second-order valence-electron chi connectivity index (χ2n) is 22.1. The molecule has 0 atom stereocenters. The Morgan fingerprint density at radius 2 is 1.17 bits per heavy atom. The van der Waals surface area contributed by atoms with Crippen molar-refractivity contribution in [2.24, 2.45) is 0 Å². The molecule has 66 heavy (non-hydrogen) atoms. The lowest BCUT2D eigenvalue weighted by molar-refractivity contribution is 0.587. The van der Waals surface area contributed by atoms with Gasteiger partial charge in [0, 0.05) is 80.7 Å². The summed E-state index contributed by atoms with van der Waals surface area (Å²) in [5, 5.41) is 9.67. The van der Waals surface area contributed by atoms with E-state index in [1.54, 1.807) is 0 Å². The minimum absolute atomic E-state index is 0.00761. The van der Waals surface area contributed by atoms with Crippen molar-refractivity contribution < 1.29 is 8.83 Å². The molecular formula is C60H49BN2O2S. The molecule has 0 fully saturated rings. The minimum atomic E-state index is -0.187. The van der Waals surface area contributed by atoms with Crippen molar-refractivity contribution in [2.45, 2.75) is 78.6 Å². The van der Waals surface area contributed by atoms with Gasteiger partial charge in [0.15, 0.2) is 0 Å². The summed E-state index contributed by atoms with van der Waals surface area (Å²) in [7, 11) is 0. The van der Waals surface area contributed by atoms with Crippen molar-refractivity contribution in [3.8, 4) is 16.8 Å². The molecule has 12 aromatic rings. The summed E-state index contributed by atoms with van der Waals surface area (Å²) in [5.74, 6) is 0. The summed E-state index contributed by atoms with van der Waals surface area (Å²) in [5.41, 5.74) is 18.3. The zero-order valence-corrected chi connectivity index (χ0v) is 39.7. The van der Waals surface area contributed by atoms with Crippen molar-refractivity contribution >= 4 is 126 Å². The lowest BCUT2D eigenvalue weighted by Gasteiger charge is -2.42. The Hall–Kier alpha value is -6.76. The van der Waals surface area contributed by atoms with Gasteiger partial charge >= 0.3 is 6.85 Å². The number of para-hydroxylation sites is 1. The number of anilines is 2. The number of fused-ring (bicyclic) bond motifs is 19. The van der Waals surface area contributed by atoms with E-state index in [4.69, 9.17) is 8.83 Å². The van der Waals surface area contributed by atoms with Crippen LogP contribution < -0.4 is 15.7 Å². The van der Waals surface area contributed by atoms with Crippen molar-refractivity contribution in [2.75, 3.05) is 4.81 Å². The summed E-state index contributed by atoms with van der Waals surface area (Å²) in [4.78, 5) is 2.65. The zero-order chi connectivity index (χ0) is 44.9. The van der Waals surface area contributed by atoms with E-state index in [0.29, 0.717) is 0 Å². The Kier molecular flexibility index (Phi) is 7.33. The fraction of sp³-hybridized carbons (Fsp3) is 0.200. The van der Waals surface area contributed by atoms with E-state index in [2.05, 4.69) is 205 Å². The van der Waals surface area contributed by atoms with Crippen LogP contribution in [-0.4, -0.2) is 11.4 Å². The number of aromatic nitrogens is 1. The molecule has 6 heteroatoms. The average Bonchev–Trinajstić information content (AvgIpc) is 4.04. The van der Waals surface area contributed by atoms with Gasteiger partial charge in [0.25, 0.3) is 0 Å². The molecule has 0 saturated heterocycles. The first kappa shape index (κ1) is 38.5. The number of benzene rings is 8. The van der Waals surface area contributed by atoms with E-state index in [0.717, 1.165) is 61.0 Å². The predicted molar refractivity (Wildman–Crippen MR) is 283 cm³/mol. The molecule has 0 spiro atoms. The first-order chi connectivity index (χ1) is 31.6. The summed E-state index contributed by atoms with van der Waals surface area (Å²) in [6.45, 7) is 20.5. The largest absolute Gasteiger partial charge is 0.456 e. The second-order valence-corrected chi connectivity index (χ2v) is 23.2. The molecule has 0 amide bonds. The van der Waals surface area contributed by atoms with E-state index in [1.807, 2.05) is 11.3 Å². The molecule has 0 aliphatic carbocycles. The topological polar surface area (TPSA) is 34.5 Å². The normalized spacial score (nSPS) is 14.1. The number of furan rings is 2. The van der Waals surface area contributed by atoms with E-state index in [9.17, 15) is 0 Å². The molecule has 0 unspecified atom stereocenters. The van der Waals surface area contributed by atoms with Crippen molar-refractivity contribution in [3.05, 3.63) is 150 Å². The van der Waals surface area contributed by atoms with Gasteiger partial charge in [0.2, 0.25) is 0 Å². The third-order valence-corrected chi connectivity index (χ3v) is 16.2. The highest BCUT2D eigenvalue weighted by Crippen LogP contribution is 2.53. The maximum Gasteiger partial charge on any atom is 0.333 e. The van der Waals surface area contributed by atoms with Crippen LogP contribution in [0.1, 0.15) is 79.0 Å². The molecule has 2 aliphatic rings. The molecule has 14 rings (SSSR count). The van der Waals surface area contributed by atoms with Crippen LogP contribution in [0.25, 0.3) is 103 Å². The van der Waals surface area contributed by atoms with Gasteiger partial charge in [-0.2, -0.15) is 0 Å². The summed E-state index contributed by atoms with van der Waals surface area (Å²) >= 11 is 1.89. The standard InChI is InChI=1S/C60H49BN2O2S/c1-58(2,3)32-18-22-35(23-19-32)63-45-29-39-36-24-20-34(60(7,8)9)27-48(36)64-49(39)30-42(45)54-55-56-52(53-38-15-10-12-16-47(38)65-57(53)54)41-26-33(59(4,5)6)21-25-44(41)62(56)46-31-51-40(28-43(46)61(55)63)37-14-11-13-17-50(37)66-51/h10-31H,1-9H3. The smallest absolute Gasteiger partial charge is 0.333 e. The molecule has 2 aliphatic heterocycles. The maximum atomic E-state index is 7.31. The highest BCUT2D eigenvalue weighted by molar-refractivity contribution is 7.26. The Balaban J connectivity index is 1.22. The van der Waals surface area contributed by atoms with Crippen molar-refractivity contribution in [1.82, 2.24) is 4.57 Å². The minimum Gasteiger partial charge on any atom is -0.456 e. The average molecular weight is 873 g/mol. The van der Waals surface area contributed by atoms with E-state index >= 15 is 0 Å². The number of hydrogen-bond donors (Lipinski definition) is 0. The zero-order valence-electron chi connectivity index (χ0n) is 38.9. The third-order valence-electron chi connectivity index (χ3n) is 15.0. The number of rotatable bonds is 1. The summed E-state index contributed by atoms with van der Waals surface area (Å²) < 4.78 is 19.5. The van der Waals surface area contributed by atoms with Crippen LogP contribution in [0, 0.1) is 0 Å². The number of thiophene rings is 1. The van der Waals surface area contributed by atoms with Crippen molar-refractivity contribution in [1.29, 1.82) is 0 Å². The predicted octanol–water partition coefficient (Wildman–Crippen LogP) is 16.1. The molecule has 320 valence electrons. The molecule has 4 aromatic heterocycles. The van der Waals surface area contributed by atoms with Crippen LogP contribution >= 0.6 is 11.3 Å². The van der Waals surface area contributed by atoms with Gasteiger partial charge in [-0.05, 0) is 105 Å². The van der Waals surface area contributed by atoms with E-state index < -0.39 is 0 Å². The highest BCUT2D eigenvalue weighted by Gasteiger charge is 2.47. The first-order valence-corrected chi connectivity index (χ1v) is 24.3. The fourth-order valence-electron chi connectivity index (χ4n) is 11.6. The van der Waals surface area contributed by atoms with Gasteiger partial charge in [-0.3, -0.25) is 0 Å². The van der Waals surface area contributed by atoms with Crippen LogP contribution in [0.2, 0.25) is 0 Å². The van der Waals surface area contributed by atoms with E-state index in [-0.39, 0.29) is 23.1 Å². The third kappa shape index (κ3) is 5.06. The lowest BCUT2D eigenvalue weighted by atomic mass is 9.43. The van der Waals surface area contributed by atoms with Crippen molar-refractivity contribution in [3.63, 3.8) is 0 Å². The van der Waals surface area contributed by atoms with Crippen LogP contribution in [0.15, 0.2) is 142 Å². The Morgan fingerprint density at radius 3 is 1.94 bits per heavy atom. The Labute approximate surface area is 388 Å². The van der Waals surface area contributed by atoms with Gasteiger partial charge in [-0.15, -0.1) is 11.3 Å².